The Morgan fingerprint density at radius 3 is 2.18 bits per heavy atom. The largest absolute Gasteiger partial charge is 0.329 e. The summed E-state index contributed by atoms with van der Waals surface area (Å²) in [5.74, 6) is -0.484. The molecular weight excluding hydrogens is 380 g/mol. The SMILES string of the molecule is CCn1c(=O)n(CC(=O)Nc2ccccc2S(=O)(=O)N(C)C)c2ccccc21. The maximum Gasteiger partial charge on any atom is 0.329 e. The van der Waals surface area contributed by atoms with E-state index in [4.69, 9.17) is 0 Å². The van der Waals surface area contributed by atoms with E-state index in [2.05, 4.69) is 5.32 Å². The second-order valence-corrected chi connectivity index (χ2v) is 8.55. The van der Waals surface area contributed by atoms with Crippen molar-refractivity contribution in [1.29, 1.82) is 0 Å². The van der Waals surface area contributed by atoms with E-state index in [1.807, 2.05) is 19.1 Å². The van der Waals surface area contributed by atoms with Crippen LogP contribution >= 0.6 is 0 Å². The number of anilines is 1. The standard InChI is InChI=1S/C19H22N4O4S/c1-4-22-15-10-6-7-11-16(15)23(19(22)25)13-18(24)20-14-9-5-8-12-17(14)28(26,27)21(2)3/h5-12H,4,13H2,1-3H3,(H,20,24). The van der Waals surface area contributed by atoms with Crippen molar-refractivity contribution in [1.82, 2.24) is 13.4 Å². The fourth-order valence-electron chi connectivity index (χ4n) is 3.06. The van der Waals surface area contributed by atoms with E-state index in [0.29, 0.717) is 12.1 Å². The van der Waals surface area contributed by atoms with Gasteiger partial charge in [0.25, 0.3) is 0 Å². The molecule has 0 unspecified atom stereocenters. The van der Waals surface area contributed by atoms with Crippen molar-refractivity contribution < 1.29 is 13.2 Å². The Kier molecular flexibility index (Phi) is 5.39. The van der Waals surface area contributed by atoms with Crippen LogP contribution in [0.2, 0.25) is 0 Å². The number of para-hydroxylation sites is 3. The molecule has 1 amide bonds. The first-order valence-electron chi connectivity index (χ1n) is 8.76. The first-order chi connectivity index (χ1) is 13.3. The molecular formula is C19H22N4O4S. The second-order valence-electron chi connectivity index (χ2n) is 6.43. The molecule has 1 aromatic heterocycles. The molecule has 3 aromatic rings. The predicted molar refractivity (Wildman–Crippen MR) is 108 cm³/mol. The van der Waals surface area contributed by atoms with Crippen LogP contribution in [0, 0.1) is 0 Å². The van der Waals surface area contributed by atoms with E-state index in [1.54, 1.807) is 28.8 Å². The molecule has 148 valence electrons. The fourth-order valence-corrected chi connectivity index (χ4v) is 4.10. The van der Waals surface area contributed by atoms with Crippen LogP contribution in [0.3, 0.4) is 0 Å². The Morgan fingerprint density at radius 1 is 1.00 bits per heavy atom. The molecule has 0 saturated heterocycles. The topological polar surface area (TPSA) is 93.4 Å². The number of imidazole rings is 1. The Hall–Kier alpha value is -2.91. The van der Waals surface area contributed by atoms with Gasteiger partial charge in [-0.25, -0.2) is 17.5 Å². The summed E-state index contributed by atoms with van der Waals surface area (Å²) in [6.07, 6.45) is 0. The summed E-state index contributed by atoms with van der Waals surface area (Å²) < 4.78 is 29.0. The smallest absolute Gasteiger partial charge is 0.323 e. The number of carbonyl (C=O) groups is 1. The minimum atomic E-state index is -3.72. The Bertz CT molecular complexity index is 1190. The molecule has 0 atom stereocenters. The van der Waals surface area contributed by atoms with Crippen molar-refractivity contribution in [3.63, 3.8) is 0 Å². The number of nitrogens with one attached hydrogen (secondary N) is 1. The summed E-state index contributed by atoms with van der Waals surface area (Å²) in [5, 5.41) is 2.63. The number of amides is 1. The molecule has 0 aliphatic heterocycles. The van der Waals surface area contributed by atoms with Crippen LogP contribution in [0.4, 0.5) is 5.69 Å². The predicted octanol–water partition coefficient (Wildman–Crippen LogP) is 1.71. The Balaban J connectivity index is 1.95. The highest BCUT2D eigenvalue weighted by Gasteiger charge is 2.22. The number of rotatable bonds is 6. The third-order valence-corrected chi connectivity index (χ3v) is 6.34. The molecule has 0 saturated carbocycles. The van der Waals surface area contributed by atoms with E-state index in [-0.39, 0.29) is 22.8 Å². The first kappa shape index (κ1) is 19.8. The zero-order valence-electron chi connectivity index (χ0n) is 15.9. The summed E-state index contributed by atoms with van der Waals surface area (Å²) in [4.78, 5) is 25.3. The maximum atomic E-state index is 12.7. The maximum absolute atomic E-state index is 12.7. The number of carbonyl (C=O) groups excluding carboxylic acids is 1. The average Bonchev–Trinajstić information content (AvgIpc) is 2.93. The number of sulfonamides is 1. The third kappa shape index (κ3) is 3.46. The summed E-state index contributed by atoms with van der Waals surface area (Å²) >= 11 is 0. The molecule has 0 radical (unpaired) electrons. The van der Waals surface area contributed by atoms with Gasteiger partial charge in [0.1, 0.15) is 11.4 Å². The summed E-state index contributed by atoms with van der Waals surface area (Å²) in [7, 11) is -0.875. The van der Waals surface area contributed by atoms with E-state index in [0.717, 1.165) is 9.82 Å². The van der Waals surface area contributed by atoms with Crippen molar-refractivity contribution in [2.45, 2.75) is 24.9 Å². The lowest BCUT2D eigenvalue weighted by atomic mass is 10.3. The van der Waals surface area contributed by atoms with Crippen LogP contribution in [0.1, 0.15) is 6.92 Å². The van der Waals surface area contributed by atoms with Gasteiger partial charge in [-0.3, -0.25) is 13.9 Å². The summed E-state index contributed by atoms with van der Waals surface area (Å²) in [6, 6.07) is 13.4. The van der Waals surface area contributed by atoms with Crippen molar-refractivity contribution in [3.05, 3.63) is 59.0 Å². The first-order valence-corrected chi connectivity index (χ1v) is 10.2. The Labute approximate surface area is 163 Å². The molecule has 3 rings (SSSR count). The number of hydrogen-bond acceptors (Lipinski definition) is 4. The van der Waals surface area contributed by atoms with Crippen LogP contribution in [0.5, 0.6) is 0 Å². The number of hydrogen-bond donors (Lipinski definition) is 1. The van der Waals surface area contributed by atoms with Crippen LogP contribution in [0.15, 0.2) is 58.2 Å². The molecule has 0 aliphatic rings. The van der Waals surface area contributed by atoms with Crippen molar-refractivity contribution in [2.75, 3.05) is 19.4 Å². The molecule has 0 spiro atoms. The monoisotopic (exact) mass is 402 g/mol. The van der Waals surface area contributed by atoms with Gasteiger partial charge in [0, 0.05) is 20.6 Å². The number of fused-ring (bicyclic) bond motifs is 1. The highest BCUT2D eigenvalue weighted by molar-refractivity contribution is 7.89. The van der Waals surface area contributed by atoms with E-state index in [1.165, 1.54) is 30.8 Å². The molecule has 0 fully saturated rings. The van der Waals surface area contributed by atoms with Crippen LogP contribution in [-0.2, 0) is 27.9 Å². The minimum absolute atomic E-state index is 0.00307. The molecule has 0 bridgehead atoms. The van der Waals surface area contributed by atoms with Crippen LogP contribution in [-0.4, -0.2) is 41.9 Å². The zero-order chi connectivity index (χ0) is 20.5. The molecule has 1 N–H and O–H groups in total. The third-order valence-electron chi connectivity index (χ3n) is 4.46. The van der Waals surface area contributed by atoms with Gasteiger partial charge in [-0.2, -0.15) is 0 Å². The normalized spacial score (nSPS) is 11.9. The van der Waals surface area contributed by atoms with Gasteiger partial charge in [0.15, 0.2) is 0 Å². The van der Waals surface area contributed by atoms with Gasteiger partial charge in [-0.1, -0.05) is 24.3 Å². The minimum Gasteiger partial charge on any atom is -0.323 e. The fraction of sp³-hybridized carbons (Fsp3) is 0.263. The van der Waals surface area contributed by atoms with Crippen LogP contribution in [0.25, 0.3) is 11.0 Å². The Morgan fingerprint density at radius 2 is 1.57 bits per heavy atom. The van der Waals surface area contributed by atoms with Gasteiger partial charge < -0.3 is 5.32 Å². The molecule has 0 aliphatic carbocycles. The van der Waals surface area contributed by atoms with Gasteiger partial charge in [-0.05, 0) is 31.2 Å². The van der Waals surface area contributed by atoms with E-state index >= 15 is 0 Å². The molecule has 1 heterocycles. The van der Waals surface area contributed by atoms with Crippen molar-refractivity contribution in [3.8, 4) is 0 Å². The van der Waals surface area contributed by atoms with Gasteiger partial charge >= 0.3 is 5.69 Å². The highest BCUT2D eigenvalue weighted by Crippen LogP contribution is 2.23. The van der Waals surface area contributed by atoms with Gasteiger partial charge in [0.05, 0.1) is 16.7 Å². The number of aryl methyl sites for hydroxylation is 1. The summed E-state index contributed by atoms with van der Waals surface area (Å²) in [5.41, 5.74) is 1.29. The highest BCUT2D eigenvalue weighted by atomic mass is 32.2. The average molecular weight is 402 g/mol. The second kappa shape index (κ2) is 7.61. The lowest BCUT2D eigenvalue weighted by Gasteiger charge is -2.15. The molecule has 28 heavy (non-hydrogen) atoms. The van der Waals surface area contributed by atoms with Crippen molar-refractivity contribution >= 4 is 32.7 Å². The zero-order valence-corrected chi connectivity index (χ0v) is 16.7. The lowest BCUT2D eigenvalue weighted by molar-refractivity contribution is -0.116. The van der Waals surface area contributed by atoms with Crippen molar-refractivity contribution in [2.24, 2.45) is 0 Å². The van der Waals surface area contributed by atoms with Crippen LogP contribution < -0.4 is 11.0 Å². The van der Waals surface area contributed by atoms with Gasteiger partial charge in [-0.15, -0.1) is 0 Å². The summed E-state index contributed by atoms with van der Waals surface area (Å²) in [6.45, 7) is 2.13. The molecule has 2 aromatic carbocycles. The quantitative estimate of drug-likeness (QED) is 0.679. The number of benzene rings is 2. The molecule has 8 nitrogen and oxygen atoms in total. The number of nitrogens with zero attached hydrogens (tertiary/aromatic N) is 3. The van der Waals surface area contributed by atoms with E-state index in [9.17, 15) is 18.0 Å². The van der Waals surface area contributed by atoms with Gasteiger partial charge in [0.2, 0.25) is 15.9 Å². The number of aromatic nitrogens is 2. The lowest BCUT2D eigenvalue weighted by Crippen LogP contribution is -2.30. The van der Waals surface area contributed by atoms with E-state index < -0.39 is 15.9 Å². The molecule has 9 heteroatoms.